The zero-order chi connectivity index (χ0) is 10.8. The fourth-order valence-corrected chi connectivity index (χ4v) is 3.09. The van der Waals surface area contributed by atoms with Crippen molar-refractivity contribution in [2.45, 2.75) is 31.8 Å². The lowest BCUT2D eigenvalue weighted by Gasteiger charge is -2.23. The van der Waals surface area contributed by atoms with E-state index in [1.807, 2.05) is 0 Å². The van der Waals surface area contributed by atoms with Crippen LogP contribution in [0, 0.1) is 5.92 Å². The number of hydrogen-bond donors (Lipinski definition) is 1. The van der Waals surface area contributed by atoms with Gasteiger partial charge in [-0.1, -0.05) is 6.92 Å². The van der Waals surface area contributed by atoms with E-state index in [0.717, 1.165) is 18.0 Å². The molecule has 2 rings (SSSR count). The summed E-state index contributed by atoms with van der Waals surface area (Å²) in [5, 5.41) is 3.59. The summed E-state index contributed by atoms with van der Waals surface area (Å²) in [6, 6.07) is 1.52. The molecule has 0 amide bonds. The predicted octanol–water partition coefficient (Wildman–Crippen LogP) is 0.620. The third-order valence-electron chi connectivity index (χ3n) is 3.95. The van der Waals surface area contributed by atoms with Crippen molar-refractivity contribution in [3.63, 3.8) is 0 Å². The highest BCUT2D eigenvalue weighted by Crippen LogP contribution is 2.21. The van der Waals surface area contributed by atoms with Crippen LogP contribution >= 0.6 is 0 Å². The van der Waals surface area contributed by atoms with Crippen LogP contribution in [0.1, 0.15) is 19.8 Å². The second kappa shape index (κ2) is 4.81. The van der Waals surface area contributed by atoms with Crippen LogP contribution in [0.5, 0.6) is 0 Å². The van der Waals surface area contributed by atoms with Gasteiger partial charge in [-0.3, -0.25) is 4.90 Å². The van der Waals surface area contributed by atoms with Gasteiger partial charge in [-0.05, 0) is 39.4 Å². The summed E-state index contributed by atoms with van der Waals surface area (Å²) in [6.45, 7) is 7.40. The molecule has 2 aliphatic rings. The van der Waals surface area contributed by atoms with Crippen LogP contribution in [0.3, 0.4) is 0 Å². The van der Waals surface area contributed by atoms with Gasteiger partial charge in [0, 0.05) is 31.7 Å². The lowest BCUT2D eigenvalue weighted by molar-refractivity contribution is 0.246. The quantitative estimate of drug-likeness (QED) is 0.738. The van der Waals surface area contributed by atoms with Crippen molar-refractivity contribution in [3.05, 3.63) is 0 Å². The van der Waals surface area contributed by atoms with E-state index in [-0.39, 0.29) is 0 Å². The Labute approximate surface area is 93.8 Å². The fourth-order valence-electron chi connectivity index (χ4n) is 3.09. The van der Waals surface area contributed by atoms with Gasteiger partial charge >= 0.3 is 0 Å². The molecule has 0 aliphatic carbocycles. The molecule has 0 spiro atoms. The second-order valence-corrected chi connectivity index (χ2v) is 5.52. The molecule has 2 heterocycles. The first-order chi connectivity index (χ1) is 7.16. The highest BCUT2D eigenvalue weighted by atomic mass is 15.2. The van der Waals surface area contributed by atoms with Crippen molar-refractivity contribution >= 4 is 0 Å². The average molecular weight is 211 g/mol. The lowest BCUT2D eigenvalue weighted by atomic mass is 10.1. The maximum atomic E-state index is 3.59. The standard InChI is InChI=1S/C12H25N3/c1-10-7-15(9-12(10)14(2)3)8-11-5-4-6-13-11/h10-13H,4-9H2,1-3H3/t10?,11-,12?/m1/s1. The van der Waals surface area contributed by atoms with Gasteiger partial charge in [-0.2, -0.15) is 0 Å². The Morgan fingerprint density at radius 1 is 1.33 bits per heavy atom. The van der Waals surface area contributed by atoms with Crippen molar-refractivity contribution in [2.24, 2.45) is 5.92 Å². The normalized spacial score (nSPS) is 38.0. The molecule has 2 unspecified atom stereocenters. The molecule has 1 N–H and O–H groups in total. The number of hydrogen-bond acceptors (Lipinski definition) is 3. The van der Waals surface area contributed by atoms with Gasteiger partial charge in [-0.15, -0.1) is 0 Å². The van der Waals surface area contributed by atoms with Gasteiger partial charge in [0.25, 0.3) is 0 Å². The second-order valence-electron chi connectivity index (χ2n) is 5.52. The molecule has 0 saturated carbocycles. The van der Waals surface area contributed by atoms with E-state index in [0.29, 0.717) is 0 Å². The molecule has 15 heavy (non-hydrogen) atoms. The Bertz CT molecular complexity index is 197. The molecule has 3 atom stereocenters. The minimum absolute atomic E-state index is 0.756. The Morgan fingerprint density at radius 2 is 2.13 bits per heavy atom. The van der Waals surface area contributed by atoms with Crippen molar-refractivity contribution in [1.29, 1.82) is 0 Å². The van der Waals surface area contributed by atoms with Crippen LogP contribution < -0.4 is 5.32 Å². The van der Waals surface area contributed by atoms with Gasteiger partial charge in [0.1, 0.15) is 0 Å². The monoisotopic (exact) mass is 211 g/mol. The maximum Gasteiger partial charge on any atom is 0.0254 e. The molecule has 0 aromatic heterocycles. The molecule has 0 aromatic carbocycles. The van der Waals surface area contributed by atoms with Gasteiger partial charge in [-0.25, -0.2) is 0 Å². The molecule has 2 saturated heterocycles. The van der Waals surface area contributed by atoms with Gasteiger partial charge in [0.15, 0.2) is 0 Å². The van der Waals surface area contributed by atoms with Crippen molar-refractivity contribution in [1.82, 2.24) is 15.1 Å². The number of likely N-dealkylation sites (tertiary alicyclic amines) is 1. The SMILES string of the molecule is CC1CN(C[C@H]2CCCN2)CC1N(C)C. The van der Waals surface area contributed by atoms with E-state index in [1.165, 1.54) is 39.0 Å². The van der Waals surface area contributed by atoms with Crippen LogP contribution in [-0.4, -0.2) is 62.2 Å². The highest BCUT2D eigenvalue weighted by Gasteiger charge is 2.32. The fraction of sp³-hybridized carbons (Fsp3) is 1.00. The average Bonchev–Trinajstić information content (AvgIpc) is 2.75. The van der Waals surface area contributed by atoms with Crippen molar-refractivity contribution in [3.8, 4) is 0 Å². The molecule has 3 heteroatoms. The smallest absolute Gasteiger partial charge is 0.0254 e. The lowest BCUT2D eigenvalue weighted by Crippen LogP contribution is -2.38. The van der Waals surface area contributed by atoms with Crippen LogP contribution in [-0.2, 0) is 0 Å². The summed E-state index contributed by atoms with van der Waals surface area (Å²) >= 11 is 0. The summed E-state index contributed by atoms with van der Waals surface area (Å²) in [6.07, 6.45) is 2.74. The molecular formula is C12H25N3. The topological polar surface area (TPSA) is 18.5 Å². The van der Waals surface area contributed by atoms with Crippen LogP contribution in [0.15, 0.2) is 0 Å². The molecule has 2 fully saturated rings. The Morgan fingerprint density at radius 3 is 2.67 bits per heavy atom. The van der Waals surface area contributed by atoms with E-state index in [2.05, 4.69) is 36.1 Å². The minimum atomic E-state index is 0.756. The third kappa shape index (κ3) is 2.71. The first-order valence-corrected chi connectivity index (χ1v) is 6.29. The Kier molecular flexibility index (Phi) is 3.65. The first kappa shape index (κ1) is 11.4. The summed E-state index contributed by atoms with van der Waals surface area (Å²) in [4.78, 5) is 5.02. The summed E-state index contributed by atoms with van der Waals surface area (Å²) in [5.41, 5.74) is 0. The summed E-state index contributed by atoms with van der Waals surface area (Å²) in [7, 11) is 4.41. The van der Waals surface area contributed by atoms with E-state index >= 15 is 0 Å². The molecule has 2 aliphatic heterocycles. The summed E-state index contributed by atoms with van der Waals surface area (Å²) in [5.74, 6) is 0.821. The summed E-state index contributed by atoms with van der Waals surface area (Å²) < 4.78 is 0. The minimum Gasteiger partial charge on any atom is -0.313 e. The van der Waals surface area contributed by atoms with E-state index in [1.54, 1.807) is 0 Å². The maximum absolute atomic E-state index is 3.59. The van der Waals surface area contributed by atoms with Gasteiger partial charge in [0.05, 0.1) is 0 Å². The Balaban J connectivity index is 1.80. The number of nitrogens with zero attached hydrogens (tertiary/aromatic N) is 2. The zero-order valence-corrected chi connectivity index (χ0v) is 10.4. The number of nitrogens with one attached hydrogen (secondary N) is 1. The van der Waals surface area contributed by atoms with Crippen LogP contribution in [0.25, 0.3) is 0 Å². The molecule has 88 valence electrons. The van der Waals surface area contributed by atoms with Gasteiger partial charge < -0.3 is 10.2 Å². The molecule has 0 aromatic rings. The van der Waals surface area contributed by atoms with Gasteiger partial charge in [0.2, 0.25) is 0 Å². The van der Waals surface area contributed by atoms with E-state index in [4.69, 9.17) is 0 Å². The molecular weight excluding hydrogens is 186 g/mol. The Hall–Kier alpha value is -0.120. The van der Waals surface area contributed by atoms with Crippen molar-refractivity contribution in [2.75, 3.05) is 40.3 Å². The van der Waals surface area contributed by atoms with E-state index in [9.17, 15) is 0 Å². The highest BCUT2D eigenvalue weighted by molar-refractivity contribution is 4.89. The largest absolute Gasteiger partial charge is 0.313 e. The number of rotatable bonds is 3. The first-order valence-electron chi connectivity index (χ1n) is 6.29. The third-order valence-corrected chi connectivity index (χ3v) is 3.95. The van der Waals surface area contributed by atoms with E-state index < -0.39 is 0 Å². The van der Waals surface area contributed by atoms with Crippen LogP contribution in [0.2, 0.25) is 0 Å². The molecule has 3 nitrogen and oxygen atoms in total. The molecule has 0 radical (unpaired) electrons. The van der Waals surface area contributed by atoms with Crippen LogP contribution in [0.4, 0.5) is 0 Å². The number of likely N-dealkylation sites (N-methyl/N-ethyl adjacent to an activating group) is 1. The molecule has 0 bridgehead atoms. The predicted molar refractivity (Wildman–Crippen MR) is 64.1 cm³/mol. The zero-order valence-electron chi connectivity index (χ0n) is 10.4. The van der Waals surface area contributed by atoms with Crippen molar-refractivity contribution < 1.29 is 0 Å².